The highest BCUT2D eigenvalue weighted by atomic mass is 16.6. The number of hydrogen-bond donors (Lipinski definition) is 2. The summed E-state index contributed by atoms with van der Waals surface area (Å²) in [4.78, 5) is 16.4. The molecule has 5 aliphatic carbocycles. The molecule has 0 amide bonds. The van der Waals surface area contributed by atoms with Crippen molar-refractivity contribution in [1.82, 2.24) is 4.90 Å². The maximum Gasteiger partial charge on any atom is 0.338 e. The number of aliphatic hydroxyl groups is 2. The molecule has 46 heavy (non-hydrogen) atoms. The van der Waals surface area contributed by atoms with E-state index in [0.29, 0.717) is 50.3 Å². The predicted molar refractivity (Wildman–Crippen MR) is 165 cm³/mol. The molecule has 5 saturated carbocycles. The molecule has 11 heteroatoms. The number of hydrogen-bond acceptors (Lipinski definition) is 11. The summed E-state index contributed by atoms with van der Waals surface area (Å²) in [6.45, 7) is 6.38. The number of fused-ring (bicyclic) bond motifs is 2. The number of methoxy groups -OCH3 is 5. The third-order valence-electron chi connectivity index (χ3n) is 13.5. The zero-order chi connectivity index (χ0) is 32.8. The average Bonchev–Trinajstić information content (AvgIpc) is 3.43. The van der Waals surface area contributed by atoms with Gasteiger partial charge in [-0.1, -0.05) is 6.92 Å². The van der Waals surface area contributed by atoms with Gasteiger partial charge in [0.2, 0.25) is 0 Å². The van der Waals surface area contributed by atoms with E-state index in [1.54, 1.807) is 59.8 Å². The standard InChI is InChI=1S/C35H51NO10/c1-8-36-17-32(18-40-3)22(37)14-23(42-5)35-21-15-33(39)24(43-6)16-34(45-9-2,26(29(35)36)27(44-7)28(32)35)25(21)30(33)46-31(38)19-10-12-20(41-4)13-11-19/h10-13,21-30,37,39H,8-9,14-18H2,1-7H3/t21-,22-,23+,24+,25-,26+,27+,28-,29-,30-,32+,33+,34-,35?/m1/s1. The molecule has 1 aromatic carbocycles. The minimum absolute atomic E-state index is 0.0152. The van der Waals surface area contributed by atoms with Crippen LogP contribution in [0.15, 0.2) is 24.3 Å². The summed E-state index contributed by atoms with van der Waals surface area (Å²) in [5.74, 6) is -0.750. The van der Waals surface area contributed by atoms with Gasteiger partial charge < -0.3 is 43.4 Å². The Morgan fingerprint density at radius 1 is 0.978 bits per heavy atom. The summed E-state index contributed by atoms with van der Waals surface area (Å²) in [6, 6.07) is 6.79. The number of esters is 1. The van der Waals surface area contributed by atoms with Crippen molar-refractivity contribution in [2.24, 2.45) is 34.5 Å². The smallest absolute Gasteiger partial charge is 0.338 e. The molecule has 1 unspecified atom stereocenters. The van der Waals surface area contributed by atoms with Crippen LogP contribution in [0.3, 0.4) is 0 Å². The molecule has 1 aliphatic heterocycles. The maximum atomic E-state index is 13.9. The van der Waals surface area contributed by atoms with Gasteiger partial charge >= 0.3 is 5.97 Å². The Bertz CT molecular complexity index is 1310. The number of carbonyl (C=O) groups excluding carboxylic acids is 1. The predicted octanol–water partition coefficient (Wildman–Crippen LogP) is 2.16. The SMILES string of the molecule is CCO[C@]12C[C@H](OC)[C@@]3(O)C[C@H]([C@@H]1[C@H]3OC(=O)c1ccc(OC)cc1)C13[C@@H](OC)C[C@@H](O)[C@@]4(COC)CN(CC)[C@@H]1[C@@H]2[C@H](OC)[C@@H]34. The van der Waals surface area contributed by atoms with E-state index in [9.17, 15) is 15.0 Å². The first-order valence-corrected chi connectivity index (χ1v) is 16.8. The van der Waals surface area contributed by atoms with E-state index < -0.39 is 46.3 Å². The van der Waals surface area contributed by atoms with Gasteiger partial charge in [0.05, 0.1) is 49.3 Å². The maximum absolute atomic E-state index is 13.9. The molecule has 1 spiro atoms. The fourth-order valence-electron chi connectivity index (χ4n) is 12.5. The van der Waals surface area contributed by atoms with Crippen LogP contribution < -0.4 is 4.74 Å². The molecule has 0 aromatic heterocycles. The lowest BCUT2D eigenvalue weighted by Crippen LogP contribution is -2.79. The van der Waals surface area contributed by atoms with E-state index in [2.05, 4.69) is 11.8 Å². The van der Waals surface area contributed by atoms with E-state index >= 15 is 0 Å². The van der Waals surface area contributed by atoms with E-state index in [1.807, 2.05) is 6.92 Å². The summed E-state index contributed by atoms with van der Waals surface area (Å²) in [5, 5.41) is 24.9. The van der Waals surface area contributed by atoms with Gasteiger partial charge in [0.1, 0.15) is 17.5 Å². The van der Waals surface area contributed by atoms with Crippen LogP contribution in [-0.2, 0) is 28.4 Å². The first kappa shape index (κ1) is 32.7. The monoisotopic (exact) mass is 645 g/mol. The van der Waals surface area contributed by atoms with E-state index in [4.69, 9.17) is 33.2 Å². The minimum Gasteiger partial charge on any atom is -0.497 e. The summed E-state index contributed by atoms with van der Waals surface area (Å²) in [5.41, 5.74) is -3.11. The topological polar surface area (TPSA) is 125 Å². The van der Waals surface area contributed by atoms with E-state index in [1.165, 1.54) is 0 Å². The highest BCUT2D eigenvalue weighted by molar-refractivity contribution is 5.89. The lowest BCUT2D eigenvalue weighted by molar-refractivity contribution is -0.304. The third-order valence-corrected chi connectivity index (χ3v) is 13.5. The molecule has 2 N–H and O–H groups in total. The Hall–Kier alpha value is -1.83. The Labute approximate surface area is 271 Å². The Morgan fingerprint density at radius 2 is 1.70 bits per heavy atom. The van der Waals surface area contributed by atoms with Crippen LogP contribution in [0.2, 0.25) is 0 Å². The molecule has 1 aromatic rings. The molecular formula is C35H51NO10. The summed E-state index contributed by atoms with van der Waals surface area (Å²) in [7, 11) is 8.39. The van der Waals surface area contributed by atoms with Gasteiger partial charge in [0.25, 0.3) is 0 Å². The van der Waals surface area contributed by atoms with Gasteiger partial charge in [-0.2, -0.15) is 0 Å². The summed E-state index contributed by atoms with van der Waals surface area (Å²) >= 11 is 0. The van der Waals surface area contributed by atoms with Gasteiger partial charge in [-0.3, -0.25) is 4.90 Å². The van der Waals surface area contributed by atoms with Crippen LogP contribution in [0.4, 0.5) is 0 Å². The van der Waals surface area contributed by atoms with E-state index in [-0.39, 0.29) is 41.9 Å². The second-order valence-corrected chi connectivity index (χ2v) is 14.6. The number of benzene rings is 1. The molecule has 256 valence electrons. The van der Waals surface area contributed by atoms with Gasteiger partial charge in [-0.05, 0) is 50.1 Å². The largest absolute Gasteiger partial charge is 0.497 e. The zero-order valence-corrected chi connectivity index (χ0v) is 28.1. The lowest BCUT2D eigenvalue weighted by Gasteiger charge is -2.70. The van der Waals surface area contributed by atoms with Gasteiger partial charge in [-0.15, -0.1) is 0 Å². The molecule has 0 radical (unpaired) electrons. The zero-order valence-electron chi connectivity index (χ0n) is 28.1. The number of rotatable bonds is 11. The molecule has 6 aliphatic rings. The van der Waals surface area contributed by atoms with Crippen molar-refractivity contribution in [3.05, 3.63) is 29.8 Å². The molecular weight excluding hydrogens is 594 g/mol. The number of piperidine rings is 1. The first-order chi connectivity index (χ1) is 22.1. The normalized spacial score (nSPS) is 48.4. The van der Waals surface area contributed by atoms with Gasteiger partial charge in [0, 0.05) is 89.1 Å². The van der Waals surface area contributed by atoms with Crippen molar-refractivity contribution in [2.75, 3.05) is 61.9 Å². The second-order valence-electron chi connectivity index (χ2n) is 14.6. The van der Waals surface area contributed by atoms with Crippen LogP contribution in [-0.4, -0.2) is 131 Å². The van der Waals surface area contributed by atoms with Crippen molar-refractivity contribution < 1.29 is 48.2 Å². The molecule has 7 rings (SSSR count). The van der Waals surface area contributed by atoms with Crippen LogP contribution in [0.25, 0.3) is 0 Å². The highest BCUT2D eigenvalue weighted by Crippen LogP contribution is 2.80. The molecule has 1 heterocycles. The van der Waals surface area contributed by atoms with Crippen molar-refractivity contribution >= 4 is 5.97 Å². The Kier molecular flexibility index (Phi) is 8.08. The number of aliphatic hydroxyl groups excluding tert-OH is 1. The fourth-order valence-corrected chi connectivity index (χ4v) is 12.5. The summed E-state index contributed by atoms with van der Waals surface area (Å²) in [6.07, 6.45) is -1.63. The van der Waals surface area contributed by atoms with Crippen LogP contribution in [0.5, 0.6) is 5.75 Å². The number of ether oxygens (including phenoxy) is 7. The summed E-state index contributed by atoms with van der Waals surface area (Å²) < 4.78 is 44.0. The second kappa shape index (κ2) is 11.4. The molecule has 7 bridgehead atoms. The fraction of sp³-hybridized carbons (Fsp3) is 0.800. The minimum atomic E-state index is -1.46. The van der Waals surface area contributed by atoms with Gasteiger partial charge in [-0.25, -0.2) is 4.79 Å². The third kappa shape index (κ3) is 3.80. The Morgan fingerprint density at radius 3 is 2.28 bits per heavy atom. The molecule has 14 atom stereocenters. The van der Waals surface area contributed by atoms with E-state index in [0.717, 1.165) is 6.54 Å². The molecule has 1 saturated heterocycles. The molecule has 6 fully saturated rings. The van der Waals surface area contributed by atoms with Crippen molar-refractivity contribution in [1.29, 1.82) is 0 Å². The van der Waals surface area contributed by atoms with Crippen molar-refractivity contribution in [3.63, 3.8) is 0 Å². The van der Waals surface area contributed by atoms with Crippen molar-refractivity contribution in [2.45, 2.75) is 80.9 Å². The van der Waals surface area contributed by atoms with Crippen molar-refractivity contribution in [3.8, 4) is 5.75 Å². The Balaban J connectivity index is 1.45. The van der Waals surface area contributed by atoms with Gasteiger partial charge in [0.15, 0.2) is 0 Å². The van der Waals surface area contributed by atoms with Crippen LogP contribution in [0, 0.1) is 34.5 Å². The van der Waals surface area contributed by atoms with Crippen LogP contribution in [0.1, 0.15) is 43.5 Å². The number of nitrogens with zero attached hydrogens (tertiary/aromatic N) is 1. The quantitative estimate of drug-likeness (QED) is 0.344. The highest BCUT2D eigenvalue weighted by Gasteiger charge is 2.90. The number of likely N-dealkylation sites (tertiary alicyclic amines) is 1. The first-order valence-electron chi connectivity index (χ1n) is 16.8. The number of carbonyl (C=O) groups is 1. The molecule has 11 nitrogen and oxygen atoms in total. The lowest BCUT2D eigenvalue weighted by atomic mass is 9.42. The van der Waals surface area contributed by atoms with Crippen LogP contribution >= 0.6 is 0 Å². The average molecular weight is 646 g/mol.